The van der Waals surface area contributed by atoms with Crippen molar-refractivity contribution in [3.8, 4) is 17.4 Å². The Morgan fingerprint density at radius 1 is 1.38 bits per heavy atom. The van der Waals surface area contributed by atoms with E-state index in [-0.39, 0.29) is 22.0 Å². The van der Waals surface area contributed by atoms with Crippen LogP contribution in [0, 0.1) is 21.4 Å². The van der Waals surface area contributed by atoms with E-state index in [9.17, 15) is 14.9 Å². The summed E-state index contributed by atoms with van der Waals surface area (Å²) in [6.45, 7) is 0. The topological polar surface area (TPSA) is 97.1 Å². The molecule has 0 saturated carbocycles. The van der Waals surface area contributed by atoms with Gasteiger partial charge in [-0.15, -0.1) is 0 Å². The Kier molecular flexibility index (Phi) is 4.16. The number of nitro groups is 1. The van der Waals surface area contributed by atoms with Crippen LogP contribution < -0.4 is 0 Å². The highest BCUT2D eigenvalue weighted by molar-refractivity contribution is 6.33. The summed E-state index contributed by atoms with van der Waals surface area (Å²) in [5, 5.41) is 19.4. The molecule has 0 N–H and O–H groups in total. The third kappa shape index (κ3) is 3.16. The van der Waals surface area contributed by atoms with E-state index in [0.717, 1.165) is 0 Å². The Hall–Kier alpha value is -2.91. The van der Waals surface area contributed by atoms with Crippen molar-refractivity contribution in [1.29, 1.82) is 5.26 Å². The van der Waals surface area contributed by atoms with Gasteiger partial charge in [0.15, 0.2) is 0 Å². The number of nitro benzene ring substituents is 1. The highest BCUT2D eigenvalue weighted by Gasteiger charge is 2.13. The molecular weight excluding hydrogens is 296 g/mol. The zero-order valence-electron chi connectivity index (χ0n) is 10.4. The molecule has 2 aromatic rings. The number of halogens is 1. The first-order valence-electron chi connectivity index (χ1n) is 5.59. The summed E-state index contributed by atoms with van der Waals surface area (Å²) in [6.07, 6.45) is 2.70. The molecule has 1 aromatic heterocycles. The number of benzene rings is 1. The zero-order valence-corrected chi connectivity index (χ0v) is 11.1. The molecule has 0 aliphatic carbocycles. The molecule has 7 heteroatoms. The van der Waals surface area contributed by atoms with Crippen LogP contribution in [-0.2, 0) is 4.79 Å². The van der Waals surface area contributed by atoms with Crippen molar-refractivity contribution in [3.63, 3.8) is 0 Å². The van der Waals surface area contributed by atoms with E-state index < -0.39 is 4.92 Å². The molecule has 0 spiro atoms. The molecule has 103 valence electrons. The van der Waals surface area contributed by atoms with Gasteiger partial charge >= 0.3 is 0 Å². The number of hydrogen-bond donors (Lipinski definition) is 0. The Balaban J connectivity index is 2.39. The highest BCUT2D eigenvalue weighted by Crippen LogP contribution is 2.32. The fraction of sp³-hybridized carbons (Fsp3) is 0. The predicted octanol–water partition coefficient (Wildman–Crippen LogP) is 3.52. The van der Waals surface area contributed by atoms with Gasteiger partial charge in [-0.3, -0.25) is 14.9 Å². The van der Waals surface area contributed by atoms with Gasteiger partial charge in [-0.05, 0) is 18.2 Å². The summed E-state index contributed by atoms with van der Waals surface area (Å²) >= 11 is 5.98. The van der Waals surface area contributed by atoms with Gasteiger partial charge in [0, 0.05) is 23.8 Å². The van der Waals surface area contributed by atoms with Gasteiger partial charge < -0.3 is 4.42 Å². The standard InChI is InChI=1S/C14H6ClN2O4/c15-13-6-10(17(19)20)1-3-12(13)14-4-2-11(21-14)5-9(7-16)8-18/h1-6H/b9-5+. The fourth-order valence-electron chi connectivity index (χ4n) is 1.62. The van der Waals surface area contributed by atoms with E-state index in [2.05, 4.69) is 0 Å². The van der Waals surface area contributed by atoms with Crippen LogP contribution in [0.15, 0.2) is 40.3 Å². The molecule has 1 radical (unpaired) electrons. The molecule has 2 rings (SSSR count). The number of allylic oxidation sites excluding steroid dienone is 1. The first-order valence-corrected chi connectivity index (χ1v) is 5.97. The van der Waals surface area contributed by atoms with Crippen LogP contribution in [-0.4, -0.2) is 11.2 Å². The predicted molar refractivity (Wildman–Crippen MR) is 75.1 cm³/mol. The minimum Gasteiger partial charge on any atom is -0.457 e. The summed E-state index contributed by atoms with van der Waals surface area (Å²) in [5.74, 6) is 0.642. The third-order valence-electron chi connectivity index (χ3n) is 2.57. The number of nitriles is 1. The SMILES string of the molecule is N#C/C([C]=O)=C\c1ccc(-c2ccc([N+](=O)[O-])cc2Cl)o1. The smallest absolute Gasteiger partial charge is 0.270 e. The van der Waals surface area contributed by atoms with Crippen LogP contribution in [0.3, 0.4) is 0 Å². The maximum atomic E-state index is 10.6. The van der Waals surface area contributed by atoms with Crippen LogP contribution in [0.5, 0.6) is 0 Å². The van der Waals surface area contributed by atoms with Crippen molar-refractivity contribution in [2.24, 2.45) is 0 Å². The number of non-ortho nitro benzene ring substituents is 1. The second kappa shape index (κ2) is 6.03. The Morgan fingerprint density at radius 3 is 2.71 bits per heavy atom. The maximum absolute atomic E-state index is 10.6. The Morgan fingerprint density at radius 2 is 2.14 bits per heavy atom. The summed E-state index contributed by atoms with van der Waals surface area (Å²) in [6, 6.07) is 8.77. The lowest BCUT2D eigenvalue weighted by atomic mass is 10.1. The molecule has 6 nitrogen and oxygen atoms in total. The van der Waals surface area contributed by atoms with Gasteiger partial charge in [-0.1, -0.05) is 11.6 Å². The summed E-state index contributed by atoms with van der Waals surface area (Å²) in [7, 11) is 0. The van der Waals surface area contributed by atoms with Crippen LogP contribution in [0.2, 0.25) is 5.02 Å². The molecule has 0 saturated heterocycles. The summed E-state index contributed by atoms with van der Waals surface area (Å²) in [5.41, 5.74) is 0.138. The average molecular weight is 302 g/mol. The van der Waals surface area contributed by atoms with Crippen molar-refractivity contribution < 1.29 is 14.1 Å². The number of carbonyl (C=O) groups excluding carboxylic acids is 1. The van der Waals surface area contributed by atoms with E-state index in [0.29, 0.717) is 11.3 Å². The summed E-state index contributed by atoms with van der Waals surface area (Å²) < 4.78 is 5.42. The van der Waals surface area contributed by atoms with E-state index in [4.69, 9.17) is 21.3 Å². The van der Waals surface area contributed by atoms with Gasteiger partial charge in [0.1, 0.15) is 23.2 Å². The third-order valence-corrected chi connectivity index (χ3v) is 2.89. The van der Waals surface area contributed by atoms with Crippen LogP contribution in [0.1, 0.15) is 5.76 Å². The first-order chi connectivity index (χ1) is 10.0. The zero-order chi connectivity index (χ0) is 15.4. The maximum Gasteiger partial charge on any atom is 0.270 e. The van der Waals surface area contributed by atoms with Gasteiger partial charge in [-0.25, -0.2) is 0 Å². The van der Waals surface area contributed by atoms with E-state index in [1.54, 1.807) is 18.2 Å². The van der Waals surface area contributed by atoms with Crippen molar-refractivity contribution >= 4 is 29.7 Å². The van der Waals surface area contributed by atoms with Crippen molar-refractivity contribution in [3.05, 3.63) is 56.8 Å². The minimum absolute atomic E-state index is 0.127. The van der Waals surface area contributed by atoms with Crippen molar-refractivity contribution in [2.75, 3.05) is 0 Å². The molecule has 0 bridgehead atoms. The Labute approximate surface area is 124 Å². The molecule has 1 aromatic carbocycles. The van der Waals surface area contributed by atoms with Gasteiger partial charge in [0.05, 0.1) is 9.95 Å². The van der Waals surface area contributed by atoms with E-state index in [1.807, 2.05) is 0 Å². The monoisotopic (exact) mass is 301 g/mol. The molecule has 0 amide bonds. The minimum atomic E-state index is -0.551. The fourth-order valence-corrected chi connectivity index (χ4v) is 1.89. The summed E-state index contributed by atoms with van der Waals surface area (Å²) in [4.78, 5) is 20.5. The average Bonchev–Trinajstić information content (AvgIpc) is 2.92. The lowest BCUT2D eigenvalue weighted by molar-refractivity contribution is -0.384. The van der Waals surface area contributed by atoms with Crippen molar-refractivity contribution in [2.45, 2.75) is 0 Å². The quantitative estimate of drug-likeness (QED) is 0.372. The van der Waals surface area contributed by atoms with Gasteiger partial charge in [0.25, 0.3) is 5.69 Å². The highest BCUT2D eigenvalue weighted by atomic mass is 35.5. The molecule has 0 aliphatic heterocycles. The molecular formula is C14H6ClN2O4. The number of rotatable bonds is 4. The largest absolute Gasteiger partial charge is 0.457 e. The number of hydrogen-bond acceptors (Lipinski definition) is 5. The second-order valence-electron chi connectivity index (χ2n) is 3.90. The van der Waals surface area contributed by atoms with Crippen LogP contribution in [0.25, 0.3) is 17.4 Å². The Bertz CT molecular complexity index is 787. The van der Waals surface area contributed by atoms with Gasteiger partial charge in [0.2, 0.25) is 6.29 Å². The lowest BCUT2D eigenvalue weighted by Gasteiger charge is -2.00. The molecule has 0 atom stereocenters. The lowest BCUT2D eigenvalue weighted by Crippen LogP contribution is -1.88. The molecule has 0 fully saturated rings. The van der Waals surface area contributed by atoms with Gasteiger partial charge in [-0.2, -0.15) is 5.26 Å². The van der Waals surface area contributed by atoms with Crippen LogP contribution >= 0.6 is 11.6 Å². The molecule has 0 aliphatic rings. The van der Waals surface area contributed by atoms with Crippen molar-refractivity contribution in [1.82, 2.24) is 0 Å². The van der Waals surface area contributed by atoms with E-state index >= 15 is 0 Å². The number of nitrogens with zero attached hydrogens (tertiary/aromatic N) is 2. The molecule has 21 heavy (non-hydrogen) atoms. The first kappa shape index (κ1) is 14.5. The molecule has 1 heterocycles. The molecule has 0 unspecified atom stereocenters. The number of furan rings is 1. The van der Waals surface area contributed by atoms with Crippen LogP contribution in [0.4, 0.5) is 5.69 Å². The second-order valence-corrected chi connectivity index (χ2v) is 4.30. The van der Waals surface area contributed by atoms with E-state index in [1.165, 1.54) is 30.6 Å². The normalized spacial score (nSPS) is 11.0.